The molecule has 2 heterocycles. The summed E-state index contributed by atoms with van der Waals surface area (Å²) in [5.41, 5.74) is 5.60. The van der Waals surface area contributed by atoms with E-state index in [1.807, 2.05) is 36.7 Å². The van der Waals surface area contributed by atoms with E-state index >= 15 is 0 Å². The Hall–Kier alpha value is -3.67. The average Bonchev–Trinajstić information content (AvgIpc) is 3.20. The van der Waals surface area contributed by atoms with Gasteiger partial charge in [0.15, 0.2) is 0 Å². The van der Waals surface area contributed by atoms with Crippen LogP contribution < -0.4 is 9.64 Å². The van der Waals surface area contributed by atoms with Crippen LogP contribution in [0.4, 0.5) is 10.1 Å². The van der Waals surface area contributed by atoms with Crippen LogP contribution in [0.15, 0.2) is 66.7 Å². The van der Waals surface area contributed by atoms with Crippen LogP contribution >= 0.6 is 0 Å². The zero-order valence-electron chi connectivity index (χ0n) is 20.8. The Balaban J connectivity index is 1.50. The number of benzene rings is 3. The molecule has 0 aliphatic carbocycles. The summed E-state index contributed by atoms with van der Waals surface area (Å²) in [5, 5.41) is 8.45. The van der Waals surface area contributed by atoms with E-state index in [4.69, 9.17) is 4.74 Å². The van der Waals surface area contributed by atoms with Gasteiger partial charge in [0.1, 0.15) is 23.2 Å². The number of halogens is 1. The highest BCUT2D eigenvalue weighted by Crippen LogP contribution is 2.44. The molecule has 5 nitrogen and oxygen atoms in total. The molecular weight excluding hydrogens is 439 g/mol. The van der Waals surface area contributed by atoms with Crippen LogP contribution in [0.5, 0.6) is 5.75 Å². The Morgan fingerprint density at radius 3 is 2.37 bits per heavy atom. The summed E-state index contributed by atoms with van der Waals surface area (Å²) in [6.45, 7) is 5.06. The van der Waals surface area contributed by atoms with Crippen LogP contribution in [-0.2, 0) is 31.8 Å². The van der Waals surface area contributed by atoms with Gasteiger partial charge >= 0.3 is 0 Å². The standard InChI is InChI=1S/C29H31FN4O/c1-20-31-32-28(33(20)3)16-7-21-5-8-23(9-6-21)29(2)27-15-14-26(35-4)19-22(27)17-18-34(29)25-12-10-24(30)11-13-25/h5-6,8-15,19H,7,16-18H2,1-4H3. The molecule has 1 atom stereocenters. The van der Waals surface area contributed by atoms with Crippen LogP contribution in [0.25, 0.3) is 0 Å². The molecule has 0 N–H and O–H groups in total. The van der Waals surface area contributed by atoms with E-state index in [1.165, 1.54) is 34.4 Å². The molecular formula is C29H31FN4O. The van der Waals surface area contributed by atoms with Gasteiger partial charge in [-0.15, -0.1) is 10.2 Å². The molecule has 1 aliphatic heterocycles. The van der Waals surface area contributed by atoms with Crippen LogP contribution in [0.2, 0.25) is 0 Å². The van der Waals surface area contributed by atoms with Gasteiger partial charge in [-0.2, -0.15) is 0 Å². The van der Waals surface area contributed by atoms with Crippen LogP contribution in [-0.4, -0.2) is 28.4 Å². The van der Waals surface area contributed by atoms with Crippen molar-refractivity contribution in [2.24, 2.45) is 7.05 Å². The fourth-order valence-electron chi connectivity index (χ4n) is 5.22. The normalized spacial score (nSPS) is 17.3. The number of hydrogen-bond donors (Lipinski definition) is 0. The Morgan fingerprint density at radius 1 is 0.971 bits per heavy atom. The Kier molecular flexibility index (Phi) is 6.05. The minimum Gasteiger partial charge on any atom is -0.497 e. The highest BCUT2D eigenvalue weighted by atomic mass is 19.1. The number of fused-ring (bicyclic) bond motifs is 1. The van der Waals surface area contributed by atoms with Gasteiger partial charge in [-0.3, -0.25) is 0 Å². The SMILES string of the molecule is COc1ccc2c(c1)CCN(c1ccc(F)cc1)C2(C)c1ccc(CCc2nnc(C)n2C)cc1. The molecule has 180 valence electrons. The van der Waals surface area contributed by atoms with Gasteiger partial charge < -0.3 is 14.2 Å². The monoisotopic (exact) mass is 470 g/mol. The van der Waals surface area contributed by atoms with Crippen molar-refractivity contribution in [2.75, 3.05) is 18.6 Å². The quantitative estimate of drug-likeness (QED) is 0.379. The number of hydrogen-bond acceptors (Lipinski definition) is 4. The van der Waals surface area contributed by atoms with Crippen molar-refractivity contribution in [3.8, 4) is 5.75 Å². The molecule has 35 heavy (non-hydrogen) atoms. The van der Waals surface area contributed by atoms with Gasteiger partial charge in [0.25, 0.3) is 0 Å². The van der Waals surface area contributed by atoms with E-state index in [0.29, 0.717) is 0 Å². The predicted octanol–water partition coefficient (Wildman–Crippen LogP) is 5.38. The predicted molar refractivity (Wildman–Crippen MR) is 136 cm³/mol. The first-order chi connectivity index (χ1) is 16.9. The minimum atomic E-state index is -0.406. The highest BCUT2D eigenvalue weighted by molar-refractivity contribution is 5.60. The molecule has 3 aromatic carbocycles. The minimum absolute atomic E-state index is 0.222. The summed E-state index contributed by atoms with van der Waals surface area (Å²) in [4.78, 5) is 2.39. The molecule has 0 saturated heterocycles. The fraction of sp³-hybridized carbons (Fsp3) is 0.310. The molecule has 0 amide bonds. The van der Waals surface area contributed by atoms with Crippen molar-refractivity contribution < 1.29 is 9.13 Å². The third-order valence-corrected chi connectivity index (χ3v) is 7.46. The number of anilines is 1. The molecule has 0 spiro atoms. The van der Waals surface area contributed by atoms with E-state index < -0.39 is 5.54 Å². The molecule has 4 aromatic rings. The second kappa shape index (κ2) is 9.17. The molecule has 0 radical (unpaired) electrons. The first kappa shape index (κ1) is 23.1. The number of methoxy groups -OCH3 is 1. The van der Waals surface area contributed by atoms with Crippen molar-refractivity contribution in [3.05, 3.63) is 106 Å². The molecule has 1 aromatic heterocycles. The molecule has 0 saturated carbocycles. The summed E-state index contributed by atoms with van der Waals surface area (Å²) in [6.07, 6.45) is 2.64. The fourth-order valence-corrected chi connectivity index (χ4v) is 5.22. The maximum atomic E-state index is 13.7. The van der Waals surface area contributed by atoms with Gasteiger partial charge in [0.05, 0.1) is 12.6 Å². The molecule has 5 rings (SSSR count). The van der Waals surface area contributed by atoms with E-state index in [-0.39, 0.29) is 5.82 Å². The lowest BCUT2D eigenvalue weighted by Gasteiger charge is -2.48. The molecule has 1 aliphatic rings. The maximum absolute atomic E-state index is 13.7. The van der Waals surface area contributed by atoms with Crippen LogP contribution in [0.3, 0.4) is 0 Å². The van der Waals surface area contributed by atoms with E-state index in [9.17, 15) is 4.39 Å². The molecule has 1 unspecified atom stereocenters. The van der Waals surface area contributed by atoms with Crippen molar-refractivity contribution in [1.82, 2.24) is 14.8 Å². The van der Waals surface area contributed by atoms with Crippen molar-refractivity contribution >= 4 is 5.69 Å². The Morgan fingerprint density at radius 2 is 1.71 bits per heavy atom. The lowest BCUT2D eigenvalue weighted by molar-refractivity contribution is 0.411. The average molecular weight is 471 g/mol. The van der Waals surface area contributed by atoms with Crippen molar-refractivity contribution in [3.63, 3.8) is 0 Å². The topological polar surface area (TPSA) is 43.2 Å². The van der Waals surface area contributed by atoms with E-state index in [0.717, 1.165) is 48.9 Å². The third-order valence-electron chi connectivity index (χ3n) is 7.46. The number of aromatic nitrogens is 3. The first-order valence-electron chi connectivity index (χ1n) is 12.0. The van der Waals surface area contributed by atoms with E-state index in [1.54, 1.807) is 7.11 Å². The molecule has 6 heteroatoms. The highest BCUT2D eigenvalue weighted by Gasteiger charge is 2.40. The number of aryl methyl sites for hydroxylation is 3. The Bertz CT molecular complexity index is 1330. The number of nitrogens with zero attached hydrogens (tertiary/aromatic N) is 4. The largest absolute Gasteiger partial charge is 0.497 e. The summed E-state index contributed by atoms with van der Waals surface area (Å²) >= 11 is 0. The van der Waals surface area contributed by atoms with Gasteiger partial charge in [0, 0.05) is 25.7 Å². The van der Waals surface area contributed by atoms with Gasteiger partial charge in [-0.05, 0) is 85.3 Å². The lowest BCUT2D eigenvalue weighted by Crippen LogP contribution is -2.49. The number of rotatable bonds is 6. The molecule has 0 bridgehead atoms. The van der Waals surface area contributed by atoms with E-state index in [2.05, 4.69) is 58.4 Å². The van der Waals surface area contributed by atoms with Crippen molar-refractivity contribution in [1.29, 1.82) is 0 Å². The van der Waals surface area contributed by atoms with Crippen LogP contribution in [0.1, 0.15) is 40.8 Å². The summed E-state index contributed by atoms with van der Waals surface area (Å²) in [5.74, 6) is 2.57. The van der Waals surface area contributed by atoms with Gasteiger partial charge in [-0.25, -0.2) is 4.39 Å². The third kappa shape index (κ3) is 4.18. The second-order valence-corrected chi connectivity index (χ2v) is 9.39. The maximum Gasteiger partial charge on any atom is 0.133 e. The first-order valence-corrected chi connectivity index (χ1v) is 12.0. The Labute approximate surface area is 206 Å². The zero-order chi connectivity index (χ0) is 24.6. The molecule has 0 fully saturated rings. The van der Waals surface area contributed by atoms with Gasteiger partial charge in [0.2, 0.25) is 0 Å². The van der Waals surface area contributed by atoms with Crippen LogP contribution in [0, 0.1) is 12.7 Å². The smallest absolute Gasteiger partial charge is 0.133 e. The summed E-state index contributed by atoms with van der Waals surface area (Å²) in [6, 6.07) is 22.1. The lowest BCUT2D eigenvalue weighted by atomic mass is 9.76. The summed E-state index contributed by atoms with van der Waals surface area (Å²) < 4.78 is 21.3. The van der Waals surface area contributed by atoms with Gasteiger partial charge in [-0.1, -0.05) is 30.3 Å². The second-order valence-electron chi connectivity index (χ2n) is 9.39. The number of ether oxygens (including phenoxy) is 1. The zero-order valence-corrected chi connectivity index (χ0v) is 20.8. The summed E-state index contributed by atoms with van der Waals surface area (Å²) in [7, 11) is 3.71. The van der Waals surface area contributed by atoms with Crippen molar-refractivity contribution in [2.45, 2.75) is 38.6 Å².